The van der Waals surface area contributed by atoms with Gasteiger partial charge in [0.1, 0.15) is 12.4 Å². The smallest absolute Gasteiger partial charge is 0.374 e. The summed E-state index contributed by atoms with van der Waals surface area (Å²) in [7, 11) is 0. The van der Waals surface area contributed by atoms with Gasteiger partial charge in [0.2, 0.25) is 5.58 Å². The average molecular weight is 529 g/mol. The number of oxazole rings is 1. The number of aryl methyl sites for hydroxylation is 3. The van der Waals surface area contributed by atoms with Gasteiger partial charge in [0.25, 0.3) is 5.52 Å². The third kappa shape index (κ3) is 5.11. The van der Waals surface area contributed by atoms with Gasteiger partial charge in [-0.2, -0.15) is 4.57 Å². The maximum Gasteiger partial charge on any atom is 0.374 e. The first-order valence-corrected chi connectivity index (χ1v) is 13.0. The highest BCUT2D eigenvalue weighted by Crippen LogP contribution is 2.45. The van der Waals surface area contributed by atoms with Gasteiger partial charge in [0.05, 0.1) is 34.1 Å². The van der Waals surface area contributed by atoms with E-state index in [1.165, 1.54) is 18.1 Å². The highest BCUT2D eigenvalue weighted by molar-refractivity contribution is 6.42. The van der Waals surface area contributed by atoms with Crippen LogP contribution >= 0.6 is 23.2 Å². The number of nitrogens with zero attached hydrogens (tertiary/aromatic N) is 3. The normalized spacial score (nSPS) is 14.5. The maximum atomic E-state index is 11.2. The topological polar surface area (TPSA) is 49.8 Å². The molecule has 1 aromatic heterocycles. The molecule has 0 radical (unpaired) electrons. The zero-order valence-electron chi connectivity index (χ0n) is 21.4. The molecular weight excluding hydrogens is 497 g/mol. The molecule has 2 aromatic carbocycles. The van der Waals surface area contributed by atoms with Gasteiger partial charge in [-0.05, 0) is 75.6 Å². The number of esters is 1. The van der Waals surface area contributed by atoms with Crippen LogP contribution in [0.25, 0.3) is 17.2 Å². The number of rotatable bonds is 8. The lowest BCUT2D eigenvalue weighted by atomic mass is 10.1. The van der Waals surface area contributed by atoms with E-state index in [-0.39, 0.29) is 5.97 Å². The highest BCUT2D eigenvalue weighted by Gasteiger charge is 2.31. The first kappa shape index (κ1) is 26.1. The second-order valence-electron chi connectivity index (χ2n) is 8.82. The first-order chi connectivity index (χ1) is 17.2. The summed E-state index contributed by atoms with van der Waals surface area (Å²) in [5, 5.41) is 1.02. The standard InChI is InChI=1S/C28H32Cl2N3O3/c1-6-31-23-16-21(29)22(30)17-24(23)33(12-9-13-35-20(5)34)27(31)10-8-11-28-32(7-2)25-14-18(3)19(4)15-26(25)36-28/h8,10-11,14-17H,6-7,9,12-13H2,1-5H3/q+1. The Bertz CT molecular complexity index is 1360. The van der Waals surface area contributed by atoms with Crippen LogP contribution in [-0.2, 0) is 16.1 Å². The number of allylic oxidation sites excluding steroid dienone is 2. The van der Waals surface area contributed by atoms with Crippen molar-refractivity contribution >= 4 is 57.7 Å². The van der Waals surface area contributed by atoms with Crippen LogP contribution in [0.4, 0.5) is 11.4 Å². The number of fused-ring (bicyclic) bond motifs is 2. The Morgan fingerprint density at radius 1 is 1.06 bits per heavy atom. The molecular formula is C28H32Cl2N3O3+. The Kier molecular flexibility index (Phi) is 7.96. The number of hydrogen-bond acceptors (Lipinski definition) is 5. The van der Waals surface area contributed by atoms with Gasteiger partial charge in [0, 0.05) is 26.1 Å². The molecule has 1 aliphatic heterocycles. The predicted molar refractivity (Wildman–Crippen MR) is 147 cm³/mol. The van der Waals surface area contributed by atoms with Crippen LogP contribution in [0.5, 0.6) is 0 Å². The number of halogens is 2. The summed E-state index contributed by atoms with van der Waals surface area (Å²) in [5.41, 5.74) is 6.40. The zero-order chi connectivity index (χ0) is 26.0. The van der Waals surface area contributed by atoms with Crippen LogP contribution in [0.15, 0.2) is 46.7 Å². The van der Waals surface area contributed by atoms with E-state index in [1.807, 2.05) is 24.3 Å². The van der Waals surface area contributed by atoms with E-state index in [2.05, 4.69) is 60.3 Å². The van der Waals surface area contributed by atoms with Crippen LogP contribution in [0.3, 0.4) is 0 Å². The molecule has 190 valence electrons. The molecule has 0 saturated heterocycles. The van der Waals surface area contributed by atoms with Crippen LogP contribution in [0.1, 0.15) is 44.2 Å². The number of hydrogen-bond donors (Lipinski definition) is 0. The molecule has 6 nitrogen and oxygen atoms in total. The molecule has 3 aromatic rings. The summed E-state index contributed by atoms with van der Waals surface area (Å²) in [6, 6.07) is 8.07. The van der Waals surface area contributed by atoms with Crippen molar-refractivity contribution < 1.29 is 18.5 Å². The molecule has 0 fully saturated rings. The second-order valence-corrected chi connectivity index (χ2v) is 9.63. The van der Waals surface area contributed by atoms with E-state index in [9.17, 15) is 4.79 Å². The third-order valence-electron chi connectivity index (χ3n) is 6.45. The Labute approximate surface area is 222 Å². The van der Waals surface area contributed by atoms with Gasteiger partial charge in [0.15, 0.2) is 0 Å². The van der Waals surface area contributed by atoms with E-state index >= 15 is 0 Å². The minimum absolute atomic E-state index is 0.277. The number of benzene rings is 2. The summed E-state index contributed by atoms with van der Waals surface area (Å²) in [6.07, 6.45) is 6.75. The summed E-state index contributed by atoms with van der Waals surface area (Å²) in [5.74, 6) is 1.51. The van der Waals surface area contributed by atoms with Crippen molar-refractivity contribution in [3.8, 4) is 0 Å². The first-order valence-electron chi connectivity index (χ1n) is 12.2. The molecule has 0 spiro atoms. The molecule has 36 heavy (non-hydrogen) atoms. The maximum absolute atomic E-state index is 11.2. The van der Waals surface area contributed by atoms with Gasteiger partial charge in [-0.25, -0.2) is 0 Å². The lowest BCUT2D eigenvalue weighted by molar-refractivity contribution is -0.674. The molecule has 0 saturated carbocycles. The van der Waals surface area contributed by atoms with Crippen molar-refractivity contribution in [2.75, 3.05) is 29.5 Å². The molecule has 0 atom stereocenters. The van der Waals surface area contributed by atoms with E-state index in [0.717, 1.165) is 47.3 Å². The number of carbonyl (C=O) groups is 1. The van der Waals surface area contributed by atoms with Crippen LogP contribution in [-0.4, -0.2) is 25.7 Å². The fourth-order valence-corrected chi connectivity index (χ4v) is 4.87. The van der Waals surface area contributed by atoms with E-state index < -0.39 is 0 Å². The molecule has 1 aliphatic rings. The molecule has 4 rings (SSSR count). The molecule has 8 heteroatoms. The number of aromatic nitrogens is 1. The molecule has 0 aliphatic carbocycles. The molecule has 2 heterocycles. The van der Waals surface area contributed by atoms with E-state index in [1.54, 1.807) is 0 Å². The highest BCUT2D eigenvalue weighted by atomic mass is 35.5. The third-order valence-corrected chi connectivity index (χ3v) is 7.17. The zero-order valence-corrected chi connectivity index (χ0v) is 22.9. The molecule has 0 unspecified atom stereocenters. The van der Waals surface area contributed by atoms with E-state index in [0.29, 0.717) is 29.6 Å². The van der Waals surface area contributed by atoms with Crippen molar-refractivity contribution in [1.29, 1.82) is 0 Å². The molecule has 0 N–H and O–H groups in total. The summed E-state index contributed by atoms with van der Waals surface area (Å²) in [4.78, 5) is 15.6. The van der Waals surface area contributed by atoms with E-state index in [4.69, 9.17) is 32.4 Å². The SMILES string of the molecule is CCN1/C(=C/C=C\c2oc3cc(C)c(C)cc3[n+]2CC)N(CCCOC(C)=O)c2cc(Cl)c(Cl)cc21. The summed E-state index contributed by atoms with van der Waals surface area (Å²) >= 11 is 12.7. The Morgan fingerprint density at radius 2 is 1.72 bits per heavy atom. The predicted octanol–water partition coefficient (Wildman–Crippen LogP) is 6.82. The summed E-state index contributed by atoms with van der Waals surface area (Å²) < 4.78 is 13.5. The van der Waals surface area contributed by atoms with Crippen molar-refractivity contribution in [3.63, 3.8) is 0 Å². The van der Waals surface area contributed by atoms with Gasteiger partial charge >= 0.3 is 11.9 Å². The lowest BCUT2D eigenvalue weighted by Gasteiger charge is -2.24. The van der Waals surface area contributed by atoms with Gasteiger partial charge in [-0.3, -0.25) is 4.79 Å². The molecule has 0 bridgehead atoms. The lowest BCUT2D eigenvalue weighted by Crippen LogP contribution is -2.33. The van der Waals surface area contributed by atoms with Crippen LogP contribution in [0.2, 0.25) is 10.0 Å². The minimum atomic E-state index is -0.277. The van der Waals surface area contributed by atoms with Crippen molar-refractivity contribution in [2.45, 2.75) is 47.6 Å². The van der Waals surface area contributed by atoms with Crippen molar-refractivity contribution in [3.05, 3.63) is 69.3 Å². The summed E-state index contributed by atoms with van der Waals surface area (Å²) in [6.45, 7) is 12.4. The number of ether oxygens (including phenoxy) is 1. The van der Waals surface area contributed by atoms with Gasteiger partial charge in [-0.1, -0.05) is 23.2 Å². The molecule has 0 amide bonds. The fraction of sp³-hybridized carbons (Fsp3) is 0.357. The van der Waals surface area contributed by atoms with Crippen LogP contribution < -0.4 is 14.4 Å². The number of anilines is 2. The van der Waals surface area contributed by atoms with Gasteiger partial charge in [-0.15, -0.1) is 0 Å². The largest absolute Gasteiger partial charge is 0.466 e. The average Bonchev–Trinajstić information content (AvgIpc) is 3.31. The van der Waals surface area contributed by atoms with Gasteiger partial charge < -0.3 is 19.0 Å². The number of carbonyl (C=O) groups excluding carboxylic acids is 1. The fourth-order valence-electron chi connectivity index (χ4n) is 4.56. The van der Waals surface area contributed by atoms with Crippen molar-refractivity contribution in [2.24, 2.45) is 0 Å². The van der Waals surface area contributed by atoms with Crippen LogP contribution in [0, 0.1) is 13.8 Å². The van der Waals surface area contributed by atoms with Crippen molar-refractivity contribution in [1.82, 2.24) is 0 Å². The Morgan fingerprint density at radius 3 is 2.36 bits per heavy atom. The second kappa shape index (κ2) is 11.0. The Hall–Kier alpha value is -2.96. The minimum Gasteiger partial charge on any atom is -0.466 e. The Balaban J connectivity index is 1.69. The quantitative estimate of drug-likeness (QED) is 0.182. The monoisotopic (exact) mass is 528 g/mol.